The second-order valence-electron chi connectivity index (χ2n) is 5.06. The zero-order valence-electron chi connectivity index (χ0n) is 11.7. The molecule has 5 nitrogen and oxygen atoms in total. The molecule has 2 aromatic rings. The summed E-state index contributed by atoms with van der Waals surface area (Å²) in [6.07, 6.45) is 6.42. The predicted octanol–water partition coefficient (Wildman–Crippen LogP) is 1.39. The minimum absolute atomic E-state index is 0.0355. The minimum Gasteiger partial charge on any atom is -0.492 e. The van der Waals surface area contributed by atoms with E-state index in [-0.39, 0.29) is 11.8 Å². The summed E-state index contributed by atoms with van der Waals surface area (Å²) in [6, 6.07) is 7.86. The zero-order chi connectivity index (χ0) is 14.5. The van der Waals surface area contributed by atoms with E-state index in [2.05, 4.69) is 15.3 Å². The molecular formula is C16H17N3O2. The third kappa shape index (κ3) is 3.37. The Morgan fingerprint density at radius 1 is 1.33 bits per heavy atom. The Labute approximate surface area is 123 Å². The van der Waals surface area contributed by atoms with Gasteiger partial charge in [0.05, 0.1) is 11.6 Å². The van der Waals surface area contributed by atoms with E-state index < -0.39 is 0 Å². The zero-order valence-corrected chi connectivity index (χ0v) is 11.7. The molecule has 0 spiro atoms. The van der Waals surface area contributed by atoms with Gasteiger partial charge in [-0.05, 0) is 18.1 Å². The Bertz CT molecular complexity index is 616. The van der Waals surface area contributed by atoms with Crippen LogP contribution in [-0.2, 0) is 17.6 Å². The lowest BCUT2D eigenvalue weighted by molar-refractivity contribution is -0.126. The first kappa shape index (κ1) is 13.5. The summed E-state index contributed by atoms with van der Waals surface area (Å²) >= 11 is 0. The van der Waals surface area contributed by atoms with Gasteiger partial charge in [-0.1, -0.05) is 18.2 Å². The lowest BCUT2D eigenvalue weighted by Gasteiger charge is -2.24. The number of fused-ring (bicyclic) bond motifs is 1. The van der Waals surface area contributed by atoms with E-state index in [1.807, 2.05) is 24.3 Å². The number of rotatable bonds is 4. The fourth-order valence-corrected chi connectivity index (χ4v) is 2.41. The molecule has 1 aliphatic rings. The minimum atomic E-state index is -0.123. The molecule has 2 heterocycles. The average Bonchev–Trinajstić information content (AvgIpc) is 2.55. The van der Waals surface area contributed by atoms with Crippen molar-refractivity contribution < 1.29 is 9.53 Å². The van der Waals surface area contributed by atoms with Gasteiger partial charge in [-0.25, -0.2) is 0 Å². The van der Waals surface area contributed by atoms with Crippen molar-refractivity contribution >= 4 is 5.91 Å². The lowest BCUT2D eigenvalue weighted by atomic mass is 9.96. The Hall–Kier alpha value is -2.43. The van der Waals surface area contributed by atoms with Crippen molar-refractivity contribution in [2.45, 2.75) is 12.8 Å². The van der Waals surface area contributed by atoms with Gasteiger partial charge in [-0.2, -0.15) is 0 Å². The van der Waals surface area contributed by atoms with Gasteiger partial charge in [0.1, 0.15) is 12.4 Å². The summed E-state index contributed by atoms with van der Waals surface area (Å²) < 4.78 is 5.64. The maximum Gasteiger partial charge on any atom is 0.226 e. The van der Waals surface area contributed by atoms with Crippen LogP contribution >= 0.6 is 0 Å². The van der Waals surface area contributed by atoms with Gasteiger partial charge in [-0.3, -0.25) is 14.8 Å². The van der Waals surface area contributed by atoms with Gasteiger partial charge in [0.25, 0.3) is 0 Å². The largest absolute Gasteiger partial charge is 0.492 e. The van der Waals surface area contributed by atoms with Crippen molar-refractivity contribution in [2.75, 3.05) is 13.2 Å². The quantitative estimate of drug-likeness (QED) is 0.921. The number of amides is 1. The highest BCUT2D eigenvalue weighted by molar-refractivity contribution is 5.79. The Morgan fingerprint density at radius 3 is 3.10 bits per heavy atom. The number of nitrogens with zero attached hydrogens (tertiary/aromatic N) is 2. The van der Waals surface area contributed by atoms with Crippen LogP contribution in [0.5, 0.6) is 5.75 Å². The van der Waals surface area contributed by atoms with E-state index in [1.54, 1.807) is 18.6 Å². The molecule has 21 heavy (non-hydrogen) atoms. The number of hydrogen-bond acceptors (Lipinski definition) is 4. The van der Waals surface area contributed by atoms with E-state index in [0.29, 0.717) is 19.6 Å². The molecule has 1 aromatic carbocycles. The van der Waals surface area contributed by atoms with Crippen LogP contribution in [0.4, 0.5) is 0 Å². The maximum absolute atomic E-state index is 12.2. The number of hydrogen-bond donors (Lipinski definition) is 1. The van der Waals surface area contributed by atoms with Crippen LogP contribution in [0, 0.1) is 5.92 Å². The van der Waals surface area contributed by atoms with Crippen molar-refractivity contribution in [2.24, 2.45) is 5.92 Å². The first-order valence-electron chi connectivity index (χ1n) is 7.06. The summed E-state index contributed by atoms with van der Waals surface area (Å²) in [6.45, 7) is 1.00. The van der Waals surface area contributed by atoms with Crippen molar-refractivity contribution in [3.63, 3.8) is 0 Å². The van der Waals surface area contributed by atoms with Crippen LogP contribution in [0.2, 0.25) is 0 Å². The SMILES string of the molecule is O=C(NCCc1cnccn1)[C@H]1COc2ccccc2C1. The molecule has 0 radical (unpaired) electrons. The Morgan fingerprint density at radius 2 is 2.24 bits per heavy atom. The molecule has 3 rings (SSSR count). The van der Waals surface area contributed by atoms with Crippen molar-refractivity contribution in [3.8, 4) is 5.75 Å². The van der Waals surface area contributed by atoms with Crippen molar-refractivity contribution in [1.29, 1.82) is 0 Å². The van der Waals surface area contributed by atoms with E-state index in [4.69, 9.17) is 4.74 Å². The molecule has 0 aliphatic carbocycles. The molecule has 0 saturated heterocycles. The van der Waals surface area contributed by atoms with E-state index in [0.717, 1.165) is 23.4 Å². The molecule has 0 bridgehead atoms. The predicted molar refractivity (Wildman–Crippen MR) is 77.9 cm³/mol. The summed E-state index contributed by atoms with van der Waals surface area (Å²) in [5, 5.41) is 2.94. The number of ether oxygens (including phenoxy) is 1. The number of para-hydroxylation sites is 1. The number of carbonyl (C=O) groups is 1. The summed E-state index contributed by atoms with van der Waals surface area (Å²) in [7, 11) is 0. The highest BCUT2D eigenvalue weighted by Gasteiger charge is 2.25. The molecule has 0 unspecified atom stereocenters. The van der Waals surface area contributed by atoms with Gasteiger partial charge in [0.15, 0.2) is 0 Å². The van der Waals surface area contributed by atoms with Gasteiger partial charge in [0.2, 0.25) is 5.91 Å². The second-order valence-corrected chi connectivity index (χ2v) is 5.06. The Balaban J connectivity index is 1.50. The van der Waals surface area contributed by atoms with Crippen LogP contribution < -0.4 is 10.1 Å². The average molecular weight is 283 g/mol. The first-order chi connectivity index (χ1) is 10.3. The van der Waals surface area contributed by atoms with Crippen molar-refractivity contribution in [1.82, 2.24) is 15.3 Å². The van der Waals surface area contributed by atoms with Crippen LogP contribution in [0.25, 0.3) is 0 Å². The standard InChI is InChI=1S/C16H17N3O2/c20-16(19-6-5-14-10-17-7-8-18-14)13-9-12-3-1-2-4-15(12)21-11-13/h1-4,7-8,10,13H,5-6,9,11H2,(H,19,20)/t13-/m1/s1. The molecular weight excluding hydrogens is 266 g/mol. The highest BCUT2D eigenvalue weighted by Crippen LogP contribution is 2.26. The van der Waals surface area contributed by atoms with Gasteiger partial charge in [-0.15, -0.1) is 0 Å². The summed E-state index contributed by atoms with van der Waals surface area (Å²) in [5.74, 6) is 0.802. The van der Waals surface area contributed by atoms with Gasteiger partial charge < -0.3 is 10.1 Å². The van der Waals surface area contributed by atoms with Crippen molar-refractivity contribution in [3.05, 3.63) is 54.1 Å². The monoisotopic (exact) mass is 283 g/mol. The normalized spacial score (nSPS) is 16.7. The number of carbonyl (C=O) groups excluding carboxylic acids is 1. The smallest absolute Gasteiger partial charge is 0.226 e. The first-order valence-corrected chi connectivity index (χ1v) is 7.06. The molecule has 108 valence electrons. The van der Waals surface area contributed by atoms with Gasteiger partial charge >= 0.3 is 0 Å². The molecule has 1 atom stereocenters. The molecule has 1 amide bonds. The maximum atomic E-state index is 12.2. The molecule has 0 fully saturated rings. The summed E-state index contributed by atoms with van der Waals surface area (Å²) in [5.41, 5.74) is 1.97. The number of nitrogens with one attached hydrogen (secondary N) is 1. The van der Waals surface area contributed by atoms with Crippen LogP contribution in [-0.4, -0.2) is 29.0 Å². The third-order valence-electron chi connectivity index (χ3n) is 3.55. The molecule has 5 heteroatoms. The lowest BCUT2D eigenvalue weighted by Crippen LogP contribution is -2.38. The molecule has 0 saturated carbocycles. The molecule has 1 aromatic heterocycles. The number of benzene rings is 1. The summed E-state index contributed by atoms with van der Waals surface area (Å²) in [4.78, 5) is 20.4. The van der Waals surface area contributed by atoms with Crippen LogP contribution in [0.1, 0.15) is 11.3 Å². The van der Waals surface area contributed by atoms with Crippen LogP contribution in [0.15, 0.2) is 42.9 Å². The van der Waals surface area contributed by atoms with E-state index in [9.17, 15) is 4.79 Å². The topological polar surface area (TPSA) is 64.1 Å². The molecule has 1 N–H and O–H groups in total. The molecule has 1 aliphatic heterocycles. The van der Waals surface area contributed by atoms with Gasteiger partial charge in [0, 0.05) is 31.6 Å². The third-order valence-corrected chi connectivity index (χ3v) is 3.55. The second kappa shape index (κ2) is 6.35. The highest BCUT2D eigenvalue weighted by atomic mass is 16.5. The van der Waals surface area contributed by atoms with Crippen LogP contribution in [0.3, 0.4) is 0 Å². The Kier molecular flexibility index (Phi) is 4.09. The fourth-order valence-electron chi connectivity index (χ4n) is 2.41. The number of aromatic nitrogens is 2. The van der Waals surface area contributed by atoms with E-state index in [1.165, 1.54) is 0 Å². The fraction of sp³-hybridized carbons (Fsp3) is 0.312. The van der Waals surface area contributed by atoms with E-state index >= 15 is 0 Å².